The van der Waals surface area contributed by atoms with Crippen molar-refractivity contribution in [3.63, 3.8) is 0 Å². The highest BCUT2D eigenvalue weighted by Crippen LogP contribution is 2.23. The number of amides is 2. The first-order valence-corrected chi connectivity index (χ1v) is 8.39. The zero-order valence-electron chi connectivity index (χ0n) is 15.0. The topological polar surface area (TPSA) is 82.1 Å². The number of rotatable bonds is 7. The molecular formula is C20H19NO6. The summed E-state index contributed by atoms with van der Waals surface area (Å²) in [5.74, 6) is -0.0930. The van der Waals surface area contributed by atoms with E-state index in [2.05, 4.69) is 0 Å². The Morgan fingerprint density at radius 2 is 1.52 bits per heavy atom. The molecule has 140 valence electrons. The number of methoxy groups -OCH3 is 1. The van der Waals surface area contributed by atoms with E-state index in [0.29, 0.717) is 22.6 Å². The van der Waals surface area contributed by atoms with E-state index in [0.717, 1.165) is 4.90 Å². The monoisotopic (exact) mass is 369 g/mol. The van der Waals surface area contributed by atoms with Crippen molar-refractivity contribution in [3.8, 4) is 11.5 Å². The Morgan fingerprint density at radius 1 is 0.963 bits per heavy atom. The second-order valence-electron chi connectivity index (χ2n) is 5.98. The zero-order valence-corrected chi connectivity index (χ0v) is 15.0. The van der Waals surface area contributed by atoms with Crippen molar-refractivity contribution in [1.29, 1.82) is 0 Å². The standard InChI is InChI=1S/C20H19NO6/c1-13(22)27-16(12-26-15-9-7-14(25-2)8-10-15)11-21-19(23)17-5-3-4-6-18(17)20(21)24/h3-10,16H,11-12H2,1-2H3/t16-/m0/s1. The summed E-state index contributed by atoms with van der Waals surface area (Å²) < 4.78 is 16.0. The van der Waals surface area contributed by atoms with Gasteiger partial charge in [-0.2, -0.15) is 0 Å². The minimum Gasteiger partial charge on any atom is -0.497 e. The predicted molar refractivity (Wildman–Crippen MR) is 95.9 cm³/mol. The molecule has 0 bridgehead atoms. The molecule has 0 saturated heterocycles. The summed E-state index contributed by atoms with van der Waals surface area (Å²) in [6.07, 6.45) is -0.785. The molecule has 0 fully saturated rings. The van der Waals surface area contributed by atoms with Gasteiger partial charge in [0.15, 0.2) is 6.10 Å². The molecule has 0 saturated carbocycles. The molecule has 2 aromatic carbocycles. The Kier molecular flexibility index (Phi) is 5.40. The van der Waals surface area contributed by atoms with Crippen LogP contribution in [0.2, 0.25) is 0 Å². The number of carbonyl (C=O) groups excluding carboxylic acids is 3. The van der Waals surface area contributed by atoms with Crippen LogP contribution in [0.15, 0.2) is 48.5 Å². The van der Waals surface area contributed by atoms with Gasteiger partial charge in [0.05, 0.1) is 24.8 Å². The number of imide groups is 1. The van der Waals surface area contributed by atoms with Crippen molar-refractivity contribution in [1.82, 2.24) is 4.90 Å². The SMILES string of the molecule is COc1ccc(OC[C@H](CN2C(=O)c3ccccc3C2=O)OC(C)=O)cc1. The fraction of sp³-hybridized carbons (Fsp3) is 0.250. The minimum absolute atomic E-state index is 0.000681. The van der Waals surface area contributed by atoms with Crippen molar-refractivity contribution in [3.05, 3.63) is 59.7 Å². The first-order chi connectivity index (χ1) is 13.0. The summed E-state index contributed by atoms with van der Waals surface area (Å²) in [4.78, 5) is 37.5. The van der Waals surface area contributed by atoms with Crippen molar-refractivity contribution < 1.29 is 28.6 Å². The summed E-state index contributed by atoms with van der Waals surface area (Å²) in [7, 11) is 1.56. The fourth-order valence-corrected chi connectivity index (χ4v) is 2.83. The van der Waals surface area contributed by atoms with E-state index in [1.54, 1.807) is 55.6 Å². The van der Waals surface area contributed by atoms with Gasteiger partial charge in [-0.3, -0.25) is 19.3 Å². The van der Waals surface area contributed by atoms with Gasteiger partial charge in [-0.15, -0.1) is 0 Å². The van der Waals surface area contributed by atoms with E-state index in [-0.39, 0.29) is 13.2 Å². The highest BCUT2D eigenvalue weighted by Gasteiger charge is 2.37. The smallest absolute Gasteiger partial charge is 0.303 e. The van der Waals surface area contributed by atoms with Gasteiger partial charge in [0.25, 0.3) is 11.8 Å². The second kappa shape index (κ2) is 7.90. The average Bonchev–Trinajstić information content (AvgIpc) is 2.91. The lowest BCUT2D eigenvalue weighted by atomic mass is 10.1. The molecule has 0 N–H and O–H groups in total. The molecule has 0 spiro atoms. The van der Waals surface area contributed by atoms with Gasteiger partial charge in [0, 0.05) is 6.92 Å². The van der Waals surface area contributed by atoms with Crippen LogP contribution in [0.5, 0.6) is 11.5 Å². The highest BCUT2D eigenvalue weighted by atomic mass is 16.6. The Hall–Kier alpha value is -3.35. The van der Waals surface area contributed by atoms with E-state index in [1.165, 1.54) is 6.92 Å². The zero-order chi connectivity index (χ0) is 19.4. The predicted octanol–water partition coefficient (Wildman–Crippen LogP) is 2.30. The Balaban J connectivity index is 1.69. The first-order valence-electron chi connectivity index (χ1n) is 8.39. The van der Waals surface area contributed by atoms with Gasteiger partial charge < -0.3 is 14.2 Å². The largest absolute Gasteiger partial charge is 0.497 e. The summed E-state index contributed by atoms with van der Waals surface area (Å²) in [5, 5.41) is 0. The molecule has 0 aromatic heterocycles. The van der Waals surface area contributed by atoms with Crippen LogP contribution in [0.3, 0.4) is 0 Å². The average molecular weight is 369 g/mol. The van der Waals surface area contributed by atoms with Crippen molar-refractivity contribution in [2.45, 2.75) is 13.0 Å². The summed E-state index contributed by atoms with van der Waals surface area (Å²) in [5.41, 5.74) is 0.695. The number of nitrogens with zero attached hydrogens (tertiary/aromatic N) is 1. The van der Waals surface area contributed by atoms with Crippen LogP contribution in [0.1, 0.15) is 27.6 Å². The summed E-state index contributed by atoms with van der Waals surface area (Å²) >= 11 is 0. The third-order valence-corrected chi connectivity index (χ3v) is 4.09. The van der Waals surface area contributed by atoms with Crippen LogP contribution in [0.25, 0.3) is 0 Å². The van der Waals surface area contributed by atoms with E-state index >= 15 is 0 Å². The minimum atomic E-state index is -0.785. The fourth-order valence-electron chi connectivity index (χ4n) is 2.83. The molecule has 3 rings (SSSR count). The number of fused-ring (bicyclic) bond motifs is 1. The van der Waals surface area contributed by atoms with E-state index in [1.807, 2.05) is 0 Å². The van der Waals surface area contributed by atoms with E-state index < -0.39 is 23.9 Å². The maximum absolute atomic E-state index is 12.5. The quantitative estimate of drug-likeness (QED) is 0.550. The Morgan fingerprint density at radius 3 is 2.04 bits per heavy atom. The lowest BCUT2D eigenvalue weighted by molar-refractivity contribution is -0.148. The molecule has 2 amide bonds. The van der Waals surface area contributed by atoms with Gasteiger partial charge in [-0.1, -0.05) is 12.1 Å². The van der Waals surface area contributed by atoms with Gasteiger partial charge in [0.2, 0.25) is 0 Å². The van der Waals surface area contributed by atoms with Crippen LogP contribution in [0, 0.1) is 0 Å². The van der Waals surface area contributed by atoms with Crippen molar-refractivity contribution in [2.24, 2.45) is 0 Å². The van der Waals surface area contributed by atoms with Gasteiger partial charge in [-0.05, 0) is 36.4 Å². The molecule has 0 radical (unpaired) electrons. The lowest BCUT2D eigenvalue weighted by Crippen LogP contribution is -2.41. The highest BCUT2D eigenvalue weighted by molar-refractivity contribution is 6.21. The Bertz CT molecular complexity index is 826. The number of ether oxygens (including phenoxy) is 3. The van der Waals surface area contributed by atoms with Gasteiger partial charge in [0.1, 0.15) is 18.1 Å². The molecule has 1 aliphatic rings. The molecule has 7 nitrogen and oxygen atoms in total. The van der Waals surface area contributed by atoms with Crippen molar-refractivity contribution >= 4 is 17.8 Å². The molecule has 2 aromatic rings. The van der Waals surface area contributed by atoms with Crippen molar-refractivity contribution in [2.75, 3.05) is 20.3 Å². The van der Waals surface area contributed by atoms with Crippen LogP contribution >= 0.6 is 0 Å². The van der Waals surface area contributed by atoms with E-state index in [9.17, 15) is 14.4 Å². The normalized spacial score (nSPS) is 13.9. The van der Waals surface area contributed by atoms with Crippen LogP contribution in [-0.4, -0.2) is 49.0 Å². The number of hydrogen-bond donors (Lipinski definition) is 0. The second-order valence-corrected chi connectivity index (χ2v) is 5.98. The molecule has 1 heterocycles. The molecular weight excluding hydrogens is 350 g/mol. The van der Waals surface area contributed by atoms with Crippen LogP contribution in [0.4, 0.5) is 0 Å². The summed E-state index contributed by atoms with van der Waals surface area (Å²) in [6.45, 7) is 1.18. The molecule has 0 aliphatic carbocycles. The number of benzene rings is 2. The van der Waals surface area contributed by atoms with Crippen LogP contribution < -0.4 is 9.47 Å². The van der Waals surface area contributed by atoms with E-state index in [4.69, 9.17) is 14.2 Å². The molecule has 1 atom stereocenters. The number of esters is 1. The maximum Gasteiger partial charge on any atom is 0.303 e. The Labute approximate surface area is 156 Å². The molecule has 27 heavy (non-hydrogen) atoms. The molecule has 7 heteroatoms. The van der Waals surface area contributed by atoms with Gasteiger partial charge >= 0.3 is 5.97 Å². The lowest BCUT2D eigenvalue weighted by Gasteiger charge is -2.22. The van der Waals surface area contributed by atoms with Crippen LogP contribution in [-0.2, 0) is 9.53 Å². The maximum atomic E-state index is 12.5. The number of carbonyl (C=O) groups is 3. The third-order valence-electron chi connectivity index (χ3n) is 4.09. The van der Waals surface area contributed by atoms with Gasteiger partial charge in [-0.25, -0.2) is 0 Å². The number of hydrogen-bond acceptors (Lipinski definition) is 6. The molecule has 0 unspecified atom stereocenters. The summed E-state index contributed by atoms with van der Waals surface area (Å²) in [6, 6.07) is 13.5. The first kappa shape index (κ1) is 18.4. The third kappa shape index (κ3) is 4.08. The molecule has 1 aliphatic heterocycles.